The standard InChI is InChI=1S/C6H9FO2P/c1-3-6(7)4-5-10(2,8)9-6/h1,8H,4-5H2,2H3/q+1. The normalized spacial score (nSPS) is 47.0. The van der Waals surface area contributed by atoms with Crippen LogP contribution in [0.2, 0.25) is 0 Å². The zero-order valence-electron chi connectivity index (χ0n) is 5.67. The SMILES string of the molecule is C#CC1(F)CC[P+](C)(O)O1. The molecule has 0 spiro atoms. The van der Waals surface area contributed by atoms with Crippen LogP contribution in [0.15, 0.2) is 0 Å². The number of halogens is 1. The molecule has 0 amide bonds. The molecular formula is C6H9FO2P+. The zero-order chi connectivity index (χ0) is 7.83. The average Bonchev–Trinajstić information content (AvgIpc) is 2.08. The Kier molecular flexibility index (Phi) is 1.72. The number of terminal acetylenes is 1. The van der Waals surface area contributed by atoms with Crippen molar-refractivity contribution < 1.29 is 13.8 Å². The van der Waals surface area contributed by atoms with E-state index in [0.29, 0.717) is 6.16 Å². The third kappa shape index (κ3) is 1.46. The Hall–Kier alpha value is -0.160. The molecule has 0 aliphatic carbocycles. The summed E-state index contributed by atoms with van der Waals surface area (Å²) in [6.45, 7) is 1.51. The maximum Gasteiger partial charge on any atom is 0.315 e. The second kappa shape index (κ2) is 2.17. The van der Waals surface area contributed by atoms with Crippen molar-refractivity contribution in [2.24, 2.45) is 0 Å². The van der Waals surface area contributed by atoms with Crippen molar-refractivity contribution in [2.45, 2.75) is 12.3 Å². The van der Waals surface area contributed by atoms with E-state index in [1.54, 1.807) is 0 Å². The molecule has 0 radical (unpaired) electrons. The van der Waals surface area contributed by atoms with Gasteiger partial charge in [-0.1, -0.05) is 0 Å². The lowest BCUT2D eigenvalue weighted by Crippen LogP contribution is -2.16. The highest BCUT2D eigenvalue weighted by Crippen LogP contribution is 2.62. The minimum Gasteiger partial charge on any atom is -0.220 e. The lowest BCUT2D eigenvalue weighted by Gasteiger charge is -2.08. The van der Waals surface area contributed by atoms with Gasteiger partial charge in [0, 0.05) is 0 Å². The topological polar surface area (TPSA) is 29.5 Å². The first-order valence-electron chi connectivity index (χ1n) is 2.93. The molecule has 1 saturated heterocycles. The van der Waals surface area contributed by atoms with Crippen LogP contribution in [0.25, 0.3) is 0 Å². The van der Waals surface area contributed by atoms with E-state index in [9.17, 15) is 9.28 Å². The number of rotatable bonds is 0. The molecule has 2 unspecified atom stereocenters. The Bertz CT molecular complexity index is 187. The summed E-state index contributed by atoms with van der Waals surface area (Å²) in [5.74, 6) is -0.128. The van der Waals surface area contributed by atoms with Crippen molar-refractivity contribution in [2.75, 3.05) is 12.8 Å². The zero-order valence-corrected chi connectivity index (χ0v) is 6.57. The fraction of sp³-hybridized carbons (Fsp3) is 0.667. The molecule has 0 aromatic rings. The van der Waals surface area contributed by atoms with E-state index in [1.807, 2.05) is 5.92 Å². The molecule has 0 aromatic heterocycles. The Morgan fingerprint density at radius 3 is 2.70 bits per heavy atom. The molecule has 1 rings (SSSR count). The molecule has 4 heteroatoms. The predicted molar refractivity (Wildman–Crippen MR) is 38.3 cm³/mol. The minimum absolute atomic E-state index is 0.115. The highest BCUT2D eigenvalue weighted by atomic mass is 31.2. The van der Waals surface area contributed by atoms with Crippen LogP contribution in [-0.4, -0.2) is 23.6 Å². The van der Waals surface area contributed by atoms with Gasteiger partial charge in [-0.2, -0.15) is 8.91 Å². The Labute approximate surface area is 59.9 Å². The molecule has 1 aliphatic heterocycles. The van der Waals surface area contributed by atoms with E-state index in [1.165, 1.54) is 6.66 Å². The molecule has 1 aliphatic rings. The first-order valence-corrected chi connectivity index (χ1v) is 5.22. The molecule has 1 heterocycles. The van der Waals surface area contributed by atoms with Gasteiger partial charge in [0.2, 0.25) is 0 Å². The van der Waals surface area contributed by atoms with Crippen LogP contribution in [0.5, 0.6) is 0 Å². The van der Waals surface area contributed by atoms with Crippen molar-refractivity contribution in [3.63, 3.8) is 0 Å². The molecule has 0 aromatic carbocycles. The molecule has 10 heavy (non-hydrogen) atoms. The lowest BCUT2D eigenvalue weighted by atomic mass is 10.2. The maximum atomic E-state index is 12.9. The third-order valence-electron chi connectivity index (χ3n) is 1.41. The number of hydrogen-bond acceptors (Lipinski definition) is 2. The number of alkyl halides is 1. The predicted octanol–water partition coefficient (Wildman–Crippen LogP) is 1.18. The molecule has 2 atom stereocenters. The van der Waals surface area contributed by atoms with Gasteiger partial charge in [-0.15, -0.1) is 6.42 Å². The maximum absolute atomic E-state index is 12.9. The van der Waals surface area contributed by atoms with Crippen LogP contribution in [0.3, 0.4) is 0 Å². The van der Waals surface area contributed by atoms with Gasteiger partial charge in [-0.05, 0) is 5.92 Å². The summed E-state index contributed by atoms with van der Waals surface area (Å²) in [4.78, 5) is 9.21. The Morgan fingerprint density at radius 2 is 2.50 bits per heavy atom. The van der Waals surface area contributed by atoms with Crippen molar-refractivity contribution in [1.82, 2.24) is 0 Å². The van der Waals surface area contributed by atoms with Gasteiger partial charge in [0.15, 0.2) is 0 Å². The van der Waals surface area contributed by atoms with E-state index in [-0.39, 0.29) is 6.42 Å². The Balaban J connectivity index is 2.69. The minimum atomic E-state index is -2.45. The van der Waals surface area contributed by atoms with Crippen LogP contribution in [0.4, 0.5) is 4.39 Å². The second-order valence-corrected chi connectivity index (χ2v) is 5.22. The summed E-state index contributed by atoms with van der Waals surface area (Å²) < 4.78 is 17.6. The van der Waals surface area contributed by atoms with Gasteiger partial charge < -0.3 is 0 Å². The fourth-order valence-corrected chi connectivity index (χ4v) is 2.41. The monoisotopic (exact) mass is 163 g/mol. The van der Waals surface area contributed by atoms with Crippen molar-refractivity contribution in [3.8, 4) is 12.3 Å². The largest absolute Gasteiger partial charge is 0.315 e. The van der Waals surface area contributed by atoms with Crippen LogP contribution >= 0.6 is 7.72 Å². The summed E-state index contributed by atoms with van der Waals surface area (Å²) in [6, 6.07) is 0. The lowest BCUT2D eigenvalue weighted by molar-refractivity contribution is 0.0119. The van der Waals surface area contributed by atoms with Gasteiger partial charge >= 0.3 is 5.85 Å². The van der Waals surface area contributed by atoms with Gasteiger partial charge in [0.05, 0.1) is 6.42 Å². The molecule has 56 valence electrons. The summed E-state index contributed by atoms with van der Waals surface area (Å²) in [7, 11) is -2.45. The van der Waals surface area contributed by atoms with E-state index >= 15 is 0 Å². The quantitative estimate of drug-likeness (QED) is 0.429. The summed E-state index contributed by atoms with van der Waals surface area (Å²) in [6.07, 6.45) is 5.32. The van der Waals surface area contributed by atoms with E-state index < -0.39 is 13.6 Å². The van der Waals surface area contributed by atoms with Gasteiger partial charge in [-0.3, -0.25) is 0 Å². The van der Waals surface area contributed by atoms with Gasteiger partial charge in [-0.25, -0.2) is 4.89 Å². The van der Waals surface area contributed by atoms with Crippen molar-refractivity contribution in [3.05, 3.63) is 0 Å². The van der Waals surface area contributed by atoms with Gasteiger partial charge in [0.25, 0.3) is 7.72 Å². The average molecular weight is 163 g/mol. The summed E-state index contributed by atoms with van der Waals surface area (Å²) in [5.41, 5.74) is 0. The fourth-order valence-electron chi connectivity index (χ4n) is 0.853. The molecule has 1 fully saturated rings. The van der Waals surface area contributed by atoms with E-state index in [0.717, 1.165) is 0 Å². The Morgan fingerprint density at radius 1 is 1.90 bits per heavy atom. The first kappa shape index (κ1) is 7.94. The highest BCUT2D eigenvalue weighted by molar-refractivity contribution is 7.65. The summed E-state index contributed by atoms with van der Waals surface area (Å²) in [5, 5.41) is 0. The number of hydrogen-bond donors (Lipinski definition) is 1. The second-order valence-electron chi connectivity index (χ2n) is 2.49. The third-order valence-corrected chi connectivity index (χ3v) is 3.14. The highest BCUT2D eigenvalue weighted by Gasteiger charge is 2.53. The van der Waals surface area contributed by atoms with Crippen LogP contribution in [-0.2, 0) is 4.52 Å². The molecule has 0 saturated carbocycles. The molecular weight excluding hydrogens is 154 g/mol. The van der Waals surface area contributed by atoms with E-state index in [2.05, 4.69) is 4.52 Å². The van der Waals surface area contributed by atoms with Crippen molar-refractivity contribution >= 4 is 7.72 Å². The summed E-state index contributed by atoms with van der Waals surface area (Å²) >= 11 is 0. The first-order chi connectivity index (χ1) is 4.47. The molecule has 1 N–H and O–H groups in total. The molecule has 0 bridgehead atoms. The van der Waals surface area contributed by atoms with Gasteiger partial charge in [0.1, 0.15) is 12.8 Å². The van der Waals surface area contributed by atoms with Crippen LogP contribution < -0.4 is 0 Å². The van der Waals surface area contributed by atoms with Crippen LogP contribution in [0.1, 0.15) is 6.42 Å². The van der Waals surface area contributed by atoms with E-state index in [4.69, 9.17) is 6.42 Å². The smallest absolute Gasteiger partial charge is 0.220 e. The molecule has 2 nitrogen and oxygen atoms in total. The van der Waals surface area contributed by atoms with Crippen molar-refractivity contribution in [1.29, 1.82) is 0 Å². The van der Waals surface area contributed by atoms with Crippen LogP contribution in [0, 0.1) is 12.3 Å².